The van der Waals surface area contributed by atoms with Gasteiger partial charge in [-0.3, -0.25) is 4.57 Å². The lowest BCUT2D eigenvalue weighted by Crippen LogP contribution is -2.26. The van der Waals surface area contributed by atoms with Crippen molar-refractivity contribution in [3.05, 3.63) is 53.8 Å². The minimum absolute atomic E-state index is 0.0225. The molecule has 3 aromatic heterocycles. The maximum Gasteiger partial charge on any atom is 0.227 e. The number of tetrazole rings is 1. The van der Waals surface area contributed by atoms with Gasteiger partial charge in [-0.1, -0.05) is 17.7 Å². The molecule has 1 aliphatic rings. The van der Waals surface area contributed by atoms with Crippen molar-refractivity contribution in [2.45, 2.75) is 18.9 Å². The van der Waals surface area contributed by atoms with Crippen LogP contribution in [0.25, 0.3) is 17.1 Å². The molecule has 5 rings (SSSR count). The minimum Gasteiger partial charge on any atom is -0.330 e. The fraction of sp³-hybridized carbons (Fsp3) is 0.278. The molecule has 0 amide bonds. The van der Waals surface area contributed by atoms with E-state index in [0.29, 0.717) is 16.7 Å². The molecular formula is C18H17ClN10. The number of nitrogens with zero attached hydrogens (tertiary/aromatic N) is 10. The van der Waals surface area contributed by atoms with Crippen LogP contribution in [0, 0.1) is 0 Å². The lowest BCUT2D eigenvalue weighted by atomic mass is 10.2. The Morgan fingerprint density at radius 2 is 1.97 bits per heavy atom. The lowest BCUT2D eigenvalue weighted by Gasteiger charge is -2.22. The summed E-state index contributed by atoms with van der Waals surface area (Å²) in [4.78, 5) is 11.8. The molecule has 4 aromatic rings. The first-order valence-corrected chi connectivity index (χ1v) is 9.56. The smallest absolute Gasteiger partial charge is 0.227 e. The maximum atomic E-state index is 6.08. The van der Waals surface area contributed by atoms with E-state index in [2.05, 4.69) is 40.5 Å². The summed E-state index contributed by atoms with van der Waals surface area (Å²) in [6.07, 6.45) is 6.86. The Morgan fingerprint density at radius 3 is 2.79 bits per heavy atom. The summed E-state index contributed by atoms with van der Waals surface area (Å²) in [6.45, 7) is 0.841. The highest BCUT2D eigenvalue weighted by Crippen LogP contribution is 2.34. The van der Waals surface area contributed by atoms with Gasteiger partial charge in [0.05, 0.1) is 17.3 Å². The predicted octanol–water partition coefficient (Wildman–Crippen LogP) is 2.24. The van der Waals surface area contributed by atoms with Crippen molar-refractivity contribution in [1.29, 1.82) is 0 Å². The van der Waals surface area contributed by atoms with Crippen LogP contribution in [-0.2, 0) is 7.05 Å². The van der Waals surface area contributed by atoms with Gasteiger partial charge < -0.3 is 4.90 Å². The first kappa shape index (κ1) is 17.7. The molecule has 11 heteroatoms. The average molecular weight is 409 g/mol. The Balaban J connectivity index is 1.45. The van der Waals surface area contributed by atoms with Crippen molar-refractivity contribution < 1.29 is 0 Å². The summed E-state index contributed by atoms with van der Waals surface area (Å²) in [6, 6.07) is 7.34. The molecule has 1 atom stereocenters. The van der Waals surface area contributed by atoms with Gasteiger partial charge in [-0.05, 0) is 36.3 Å². The summed E-state index contributed by atoms with van der Waals surface area (Å²) in [5, 5.41) is 22.5. The monoisotopic (exact) mass is 408 g/mol. The molecule has 0 aliphatic carbocycles. The van der Waals surface area contributed by atoms with E-state index in [4.69, 9.17) is 11.6 Å². The maximum absolute atomic E-state index is 6.08. The fourth-order valence-corrected chi connectivity index (χ4v) is 3.76. The number of anilines is 1. The molecule has 1 saturated heterocycles. The summed E-state index contributed by atoms with van der Waals surface area (Å²) in [7, 11) is 1.93. The van der Waals surface area contributed by atoms with Crippen molar-refractivity contribution in [2.75, 3.05) is 11.4 Å². The molecule has 0 bridgehead atoms. The van der Waals surface area contributed by atoms with E-state index in [1.807, 2.05) is 29.8 Å². The summed E-state index contributed by atoms with van der Waals surface area (Å²) in [5.41, 5.74) is 1.58. The standard InChI is InChI=1S/C18H17ClN10/c1-27-17(12-9-20-11-21-10-12)23-24-18(27)28-7-3-6-15(28)16-22-26-29(25-16)14-5-2-4-13(19)8-14/h2,4-5,8-11,15H,3,6-7H2,1H3/t15-/m1/s1. The van der Waals surface area contributed by atoms with E-state index in [1.165, 1.54) is 11.1 Å². The van der Waals surface area contributed by atoms with Gasteiger partial charge in [0.1, 0.15) is 6.33 Å². The normalized spacial score (nSPS) is 16.5. The van der Waals surface area contributed by atoms with Gasteiger partial charge in [-0.15, -0.1) is 25.2 Å². The summed E-state index contributed by atoms with van der Waals surface area (Å²) < 4.78 is 1.94. The second-order valence-corrected chi connectivity index (χ2v) is 7.21. The zero-order chi connectivity index (χ0) is 19.8. The highest BCUT2D eigenvalue weighted by molar-refractivity contribution is 6.30. The zero-order valence-corrected chi connectivity index (χ0v) is 16.3. The summed E-state index contributed by atoms with van der Waals surface area (Å²) in [5.74, 6) is 2.11. The van der Waals surface area contributed by atoms with Crippen LogP contribution in [0.4, 0.5) is 5.95 Å². The summed E-state index contributed by atoms with van der Waals surface area (Å²) >= 11 is 6.08. The van der Waals surface area contributed by atoms with Gasteiger partial charge in [0, 0.05) is 31.0 Å². The van der Waals surface area contributed by atoms with Gasteiger partial charge in [0.2, 0.25) is 5.95 Å². The lowest BCUT2D eigenvalue weighted by molar-refractivity contribution is 0.639. The first-order valence-electron chi connectivity index (χ1n) is 9.18. The van der Waals surface area contributed by atoms with Crippen molar-refractivity contribution >= 4 is 17.5 Å². The van der Waals surface area contributed by atoms with Gasteiger partial charge in [0.15, 0.2) is 11.6 Å². The molecule has 0 spiro atoms. The van der Waals surface area contributed by atoms with Crippen LogP contribution in [0.5, 0.6) is 0 Å². The van der Waals surface area contributed by atoms with Crippen molar-refractivity contribution in [2.24, 2.45) is 7.05 Å². The Labute approximate surface area is 171 Å². The number of benzene rings is 1. The van der Waals surface area contributed by atoms with Crippen LogP contribution >= 0.6 is 11.6 Å². The topological polar surface area (TPSA) is 103 Å². The third kappa shape index (κ3) is 3.21. The van der Waals surface area contributed by atoms with Crippen molar-refractivity contribution in [1.82, 2.24) is 44.9 Å². The molecule has 1 aliphatic heterocycles. The highest BCUT2D eigenvalue weighted by Gasteiger charge is 2.33. The van der Waals surface area contributed by atoms with E-state index in [1.54, 1.807) is 18.5 Å². The first-order chi connectivity index (χ1) is 14.2. The highest BCUT2D eigenvalue weighted by atomic mass is 35.5. The third-order valence-corrected chi connectivity index (χ3v) is 5.18. The third-order valence-electron chi connectivity index (χ3n) is 4.95. The SMILES string of the molecule is Cn1c(-c2cncnc2)nnc1N1CCC[C@@H]1c1nnn(-c2cccc(Cl)c2)n1. The molecule has 10 nitrogen and oxygen atoms in total. The molecular weight excluding hydrogens is 392 g/mol. The second kappa shape index (κ2) is 7.21. The van der Waals surface area contributed by atoms with Crippen molar-refractivity contribution in [3.63, 3.8) is 0 Å². The number of hydrogen-bond acceptors (Lipinski definition) is 8. The van der Waals surface area contributed by atoms with Gasteiger partial charge in [-0.2, -0.15) is 0 Å². The number of halogens is 1. The van der Waals surface area contributed by atoms with E-state index in [0.717, 1.165) is 36.6 Å². The molecule has 0 radical (unpaired) electrons. The average Bonchev–Trinajstić information content (AvgIpc) is 3.47. The second-order valence-electron chi connectivity index (χ2n) is 6.78. The largest absolute Gasteiger partial charge is 0.330 e. The van der Waals surface area contributed by atoms with E-state index < -0.39 is 0 Å². The van der Waals surface area contributed by atoms with Crippen LogP contribution in [0.15, 0.2) is 43.0 Å². The molecule has 146 valence electrons. The van der Waals surface area contributed by atoms with Crippen LogP contribution in [-0.4, -0.2) is 51.5 Å². The van der Waals surface area contributed by atoms with Gasteiger partial charge >= 0.3 is 0 Å². The Morgan fingerprint density at radius 1 is 1.10 bits per heavy atom. The van der Waals surface area contributed by atoms with E-state index >= 15 is 0 Å². The molecule has 0 unspecified atom stereocenters. The Hall–Kier alpha value is -3.40. The van der Waals surface area contributed by atoms with Crippen LogP contribution in [0.2, 0.25) is 5.02 Å². The number of hydrogen-bond donors (Lipinski definition) is 0. The molecule has 4 heterocycles. The number of aromatic nitrogens is 9. The van der Waals surface area contributed by atoms with E-state index in [9.17, 15) is 0 Å². The molecule has 1 aromatic carbocycles. The molecule has 29 heavy (non-hydrogen) atoms. The zero-order valence-electron chi connectivity index (χ0n) is 15.6. The Kier molecular flexibility index (Phi) is 4.39. The van der Waals surface area contributed by atoms with Gasteiger partial charge in [0.25, 0.3) is 0 Å². The van der Waals surface area contributed by atoms with E-state index in [-0.39, 0.29) is 6.04 Å². The fourth-order valence-electron chi connectivity index (χ4n) is 3.58. The van der Waals surface area contributed by atoms with Crippen molar-refractivity contribution in [3.8, 4) is 17.1 Å². The number of rotatable bonds is 4. The molecule has 0 saturated carbocycles. The predicted molar refractivity (Wildman–Crippen MR) is 106 cm³/mol. The van der Waals surface area contributed by atoms with Crippen LogP contribution in [0.3, 0.4) is 0 Å². The minimum atomic E-state index is -0.0225. The molecule has 0 N–H and O–H groups in total. The van der Waals surface area contributed by atoms with Gasteiger partial charge in [-0.25, -0.2) is 9.97 Å². The quantitative estimate of drug-likeness (QED) is 0.506. The Bertz CT molecular complexity index is 1140. The van der Waals surface area contributed by atoms with Crippen LogP contribution in [0.1, 0.15) is 24.7 Å². The van der Waals surface area contributed by atoms with Crippen LogP contribution < -0.4 is 4.90 Å². The molecule has 1 fully saturated rings.